The summed E-state index contributed by atoms with van der Waals surface area (Å²) < 4.78 is 11.3. The summed E-state index contributed by atoms with van der Waals surface area (Å²) in [7, 11) is 1.60. The largest absolute Gasteiger partial charge is 0.466 e. The third-order valence-electron chi connectivity index (χ3n) is 2.26. The second-order valence-corrected chi connectivity index (χ2v) is 4.29. The van der Waals surface area contributed by atoms with Gasteiger partial charge in [0.15, 0.2) is 6.79 Å². The first-order chi connectivity index (χ1) is 8.31. The van der Waals surface area contributed by atoms with Crippen molar-refractivity contribution in [1.29, 1.82) is 0 Å². The van der Waals surface area contributed by atoms with Gasteiger partial charge in [-0.2, -0.15) is 0 Å². The average molecular weight is 294 g/mol. The van der Waals surface area contributed by atoms with Crippen LogP contribution in [0, 0.1) is 0 Å². The third kappa shape index (κ3) is 3.05. The molecule has 3 nitrogen and oxygen atoms in total. The number of ether oxygens (including phenoxy) is 2. The highest BCUT2D eigenvalue weighted by Crippen LogP contribution is 2.30. The van der Waals surface area contributed by atoms with Gasteiger partial charge in [0.1, 0.15) is 5.75 Å². The fourth-order valence-corrected chi connectivity index (χ4v) is 1.81. The molecule has 0 aliphatic heterocycles. The summed E-state index contributed by atoms with van der Waals surface area (Å²) in [5.74, 6) is 0.758. The van der Waals surface area contributed by atoms with Gasteiger partial charge in [0.25, 0.3) is 0 Å². The first-order valence-corrected chi connectivity index (χ1v) is 5.92. The average Bonchev–Trinajstić information content (AvgIpc) is 2.39. The minimum atomic E-state index is 0.231. The first kappa shape index (κ1) is 12.1. The molecule has 0 fully saturated rings. The SMILES string of the molecule is COCOc1cc(-c2cccnc2)ccc1Br. The van der Waals surface area contributed by atoms with Gasteiger partial charge in [-0.3, -0.25) is 4.98 Å². The summed E-state index contributed by atoms with van der Waals surface area (Å²) in [4.78, 5) is 4.10. The van der Waals surface area contributed by atoms with Gasteiger partial charge < -0.3 is 9.47 Å². The van der Waals surface area contributed by atoms with Crippen LogP contribution in [0.3, 0.4) is 0 Å². The molecule has 0 atom stereocenters. The Bertz CT molecular complexity index is 488. The maximum absolute atomic E-state index is 5.46. The summed E-state index contributed by atoms with van der Waals surface area (Å²) >= 11 is 3.44. The maximum Gasteiger partial charge on any atom is 0.188 e. The van der Waals surface area contributed by atoms with Crippen molar-refractivity contribution >= 4 is 15.9 Å². The van der Waals surface area contributed by atoms with E-state index < -0.39 is 0 Å². The highest BCUT2D eigenvalue weighted by Gasteiger charge is 2.04. The van der Waals surface area contributed by atoms with Gasteiger partial charge >= 0.3 is 0 Å². The number of hydrogen-bond donors (Lipinski definition) is 0. The van der Waals surface area contributed by atoms with Crippen molar-refractivity contribution in [2.45, 2.75) is 0 Å². The lowest BCUT2D eigenvalue weighted by Gasteiger charge is -2.09. The summed E-state index contributed by atoms with van der Waals surface area (Å²) in [6.45, 7) is 0.231. The predicted molar refractivity (Wildman–Crippen MR) is 69.9 cm³/mol. The molecule has 0 saturated heterocycles. The topological polar surface area (TPSA) is 31.4 Å². The molecule has 0 radical (unpaired) electrons. The Balaban J connectivity index is 2.31. The molecular formula is C13H12BrNO2. The minimum absolute atomic E-state index is 0.231. The van der Waals surface area contributed by atoms with Gasteiger partial charge in [-0.15, -0.1) is 0 Å². The molecule has 17 heavy (non-hydrogen) atoms. The molecule has 0 N–H and O–H groups in total. The molecule has 1 heterocycles. The highest BCUT2D eigenvalue weighted by molar-refractivity contribution is 9.10. The second-order valence-electron chi connectivity index (χ2n) is 3.44. The van der Waals surface area contributed by atoms with Crippen LogP contribution in [-0.2, 0) is 4.74 Å². The van der Waals surface area contributed by atoms with E-state index in [9.17, 15) is 0 Å². The van der Waals surface area contributed by atoms with Crippen molar-refractivity contribution < 1.29 is 9.47 Å². The van der Waals surface area contributed by atoms with Gasteiger partial charge in [0.2, 0.25) is 0 Å². The van der Waals surface area contributed by atoms with E-state index in [1.54, 1.807) is 13.3 Å². The smallest absolute Gasteiger partial charge is 0.188 e. The molecule has 0 spiro atoms. The Hall–Kier alpha value is -1.39. The van der Waals surface area contributed by atoms with Crippen molar-refractivity contribution in [1.82, 2.24) is 4.98 Å². The summed E-state index contributed by atoms with van der Waals surface area (Å²) in [5, 5.41) is 0. The molecule has 2 rings (SSSR count). The number of hydrogen-bond acceptors (Lipinski definition) is 3. The van der Waals surface area contributed by atoms with Crippen LogP contribution in [0.5, 0.6) is 5.75 Å². The van der Waals surface area contributed by atoms with Gasteiger partial charge in [0.05, 0.1) is 4.47 Å². The Morgan fingerprint density at radius 1 is 1.24 bits per heavy atom. The quantitative estimate of drug-likeness (QED) is 0.809. The molecule has 0 aliphatic carbocycles. The van der Waals surface area contributed by atoms with Gasteiger partial charge in [-0.1, -0.05) is 12.1 Å². The highest BCUT2D eigenvalue weighted by atomic mass is 79.9. The van der Waals surface area contributed by atoms with Crippen LogP contribution in [0.2, 0.25) is 0 Å². The van der Waals surface area contributed by atoms with Crippen LogP contribution in [0.15, 0.2) is 47.2 Å². The predicted octanol–water partition coefficient (Wildman–Crippen LogP) is 3.49. The van der Waals surface area contributed by atoms with Crippen LogP contribution in [-0.4, -0.2) is 18.9 Å². The molecular weight excluding hydrogens is 282 g/mol. The number of nitrogens with zero attached hydrogens (tertiary/aromatic N) is 1. The Labute approximate surface area is 109 Å². The molecule has 0 bridgehead atoms. The molecule has 0 unspecified atom stereocenters. The molecule has 1 aromatic carbocycles. The van der Waals surface area contributed by atoms with Crippen molar-refractivity contribution in [3.05, 3.63) is 47.2 Å². The molecule has 0 saturated carbocycles. The van der Waals surface area contributed by atoms with Gasteiger partial charge in [-0.05, 0) is 39.7 Å². The molecule has 0 amide bonds. The summed E-state index contributed by atoms with van der Waals surface area (Å²) in [6.07, 6.45) is 3.58. The van der Waals surface area contributed by atoms with Crippen molar-refractivity contribution in [2.24, 2.45) is 0 Å². The fourth-order valence-electron chi connectivity index (χ4n) is 1.45. The van der Waals surface area contributed by atoms with Crippen molar-refractivity contribution in [3.63, 3.8) is 0 Å². The van der Waals surface area contributed by atoms with E-state index >= 15 is 0 Å². The van der Waals surface area contributed by atoms with Crippen LogP contribution in [0.25, 0.3) is 11.1 Å². The number of benzene rings is 1. The molecule has 0 aliphatic rings. The van der Waals surface area contributed by atoms with Crippen molar-refractivity contribution in [2.75, 3.05) is 13.9 Å². The summed E-state index contributed by atoms with van der Waals surface area (Å²) in [5.41, 5.74) is 2.12. The van der Waals surface area contributed by atoms with E-state index in [2.05, 4.69) is 20.9 Å². The van der Waals surface area contributed by atoms with E-state index in [0.717, 1.165) is 21.3 Å². The van der Waals surface area contributed by atoms with E-state index in [0.29, 0.717) is 0 Å². The standard InChI is InChI=1S/C13H12BrNO2/c1-16-9-17-13-7-10(4-5-12(13)14)11-3-2-6-15-8-11/h2-8H,9H2,1H3. The lowest BCUT2D eigenvalue weighted by Crippen LogP contribution is -1.99. The molecule has 88 valence electrons. The number of methoxy groups -OCH3 is 1. The lowest BCUT2D eigenvalue weighted by atomic mass is 10.1. The maximum atomic E-state index is 5.46. The van der Waals surface area contributed by atoms with Crippen molar-refractivity contribution in [3.8, 4) is 16.9 Å². The Kier molecular flexibility index (Phi) is 4.12. The van der Waals surface area contributed by atoms with E-state index in [1.165, 1.54) is 0 Å². The van der Waals surface area contributed by atoms with Gasteiger partial charge in [0, 0.05) is 25.1 Å². The Morgan fingerprint density at radius 2 is 2.12 bits per heavy atom. The second kappa shape index (κ2) is 5.80. The zero-order valence-electron chi connectivity index (χ0n) is 9.39. The summed E-state index contributed by atoms with van der Waals surface area (Å²) in [6, 6.07) is 9.84. The van der Waals surface area contributed by atoms with E-state index in [-0.39, 0.29) is 6.79 Å². The lowest BCUT2D eigenvalue weighted by molar-refractivity contribution is 0.0506. The number of rotatable bonds is 4. The van der Waals surface area contributed by atoms with Crippen LogP contribution in [0.1, 0.15) is 0 Å². The minimum Gasteiger partial charge on any atom is -0.466 e. The van der Waals surface area contributed by atoms with E-state index in [1.807, 2.05) is 36.5 Å². The number of pyridine rings is 1. The van der Waals surface area contributed by atoms with E-state index in [4.69, 9.17) is 9.47 Å². The number of aromatic nitrogens is 1. The molecule has 2 aromatic rings. The normalized spacial score (nSPS) is 10.2. The molecule has 1 aromatic heterocycles. The third-order valence-corrected chi connectivity index (χ3v) is 2.91. The molecule has 4 heteroatoms. The zero-order valence-corrected chi connectivity index (χ0v) is 11.0. The van der Waals surface area contributed by atoms with Crippen LogP contribution < -0.4 is 4.74 Å². The van der Waals surface area contributed by atoms with Crippen LogP contribution in [0.4, 0.5) is 0 Å². The first-order valence-electron chi connectivity index (χ1n) is 5.13. The Morgan fingerprint density at radius 3 is 2.82 bits per heavy atom. The fraction of sp³-hybridized carbons (Fsp3) is 0.154. The number of halogens is 1. The van der Waals surface area contributed by atoms with Gasteiger partial charge in [-0.25, -0.2) is 0 Å². The zero-order chi connectivity index (χ0) is 12.1. The van der Waals surface area contributed by atoms with Crippen LogP contribution >= 0.6 is 15.9 Å². The monoisotopic (exact) mass is 293 g/mol.